The first kappa shape index (κ1) is 19.5. The van der Waals surface area contributed by atoms with E-state index >= 15 is 4.39 Å². The van der Waals surface area contributed by atoms with Crippen LogP contribution in [0.5, 0.6) is 0 Å². The van der Waals surface area contributed by atoms with Crippen molar-refractivity contribution in [1.29, 1.82) is 0 Å². The fraction of sp³-hybridized carbons (Fsp3) is 0.667. The number of aliphatic hydroxyl groups excluding tert-OH is 1. The van der Waals surface area contributed by atoms with Crippen molar-refractivity contribution < 1.29 is 18.8 Å². The number of halogens is 1. The number of ether oxygens (including phenoxy) is 1. The van der Waals surface area contributed by atoms with Gasteiger partial charge < -0.3 is 24.6 Å². The minimum atomic E-state index is -0.457. The van der Waals surface area contributed by atoms with Gasteiger partial charge in [0.25, 0.3) is 0 Å². The Labute approximate surface area is 165 Å². The predicted molar refractivity (Wildman–Crippen MR) is 107 cm³/mol. The second-order valence-corrected chi connectivity index (χ2v) is 8.31. The third-order valence-electron chi connectivity index (χ3n) is 5.95. The van der Waals surface area contributed by atoms with Gasteiger partial charge in [0.2, 0.25) is 5.58 Å². The molecule has 2 aromatic rings. The van der Waals surface area contributed by atoms with E-state index < -0.39 is 5.82 Å². The molecule has 28 heavy (non-hydrogen) atoms. The molecule has 7 heteroatoms. The SMILES string of the molecule is C[C@@H]1CN(c2c(CO)cc3c(NCC4CCCCC4)noc3c2F)C[C@H](C)O1. The van der Waals surface area contributed by atoms with E-state index in [1.165, 1.54) is 32.1 Å². The average Bonchev–Trinajstić information content (AvgIpc) is 3.09. The number of aliphatic hydroxyl groups is 1. The number of benzene rings is 1. The Bertz CT molecular complexity index is 809. The predicted octanol–water partition coefficient (Wildman–Crippen LogP) is 4.07. The Balaban J connectivity index is 1.62. The molecule has 0 unspecified atom stereocenters. The van der Waals surface area contributed by atoms with Crippen LogP contribution in [0.15, 0.2) is 10.6 Å². The Kier molecular flexibility index (Phi) is 5.73. The van der Waals surface area contributed by atoms with Crippen molar-refractivity contribution in [2.45, 2.75) is 64.8 Å². The highest BCUT2D eigenvalue weighted by atomic mass is 19.1. The van der Waals surface area contributed by atoms with Crippen LogP contribution in [0.2, 0.25) is 0 Å². The molecule has 0 radical (unpaired) electrons. The lowest BCUT2D eigenvalue weighted by Gasteiger charge is -2.37. The van der Waals surface area contributed by atoms with Gasteiger partial charge in [-0.05, 0) is 38.7 Å². The van der Waals surface area contributed by atoms with Gasteiger partial charge in [-0.2, -0.15) is 0 Å². The van der Waals surface area contributed by atoms with E-state index in [-0.39, 0.29) is 24.4 Å². The molecule has 2 atom stereocenters. The molecule has 2 N–H and O–H groups in total. The van der Waals surface area contributed by atoms with Gasteiger partial charge >= 0.3 is 0 Å². The normalized spacial score (nSPS) is 24.1. The molecule has 154 valence electrons. The van der Waals surface area contributed by atoms with E-state index in [1.54, 1.807) is 6.07 Å². The second-order valence-electron chi connectivity index (χ2n) is 8.31. The Morgan fingerprint density at radius 3 is 2.61 bits per heavy atom. The number of nitrogens with one attached hydrogen (secondary N) is 1. The van der Waals surface area contributed by atoms with Gasteiger partial charge in [-0.15, -0.1) is 0 Å². The maximum absolute atomic E-state index is 15.4. The Hall–Kier alpha value is -1.86. The second kappa shape index (κ2) is 8.25. The molecule has 1 aromatic carbocycles. The fourth-order valence-corrected chi connectivity index (χ4v) is 4.66. The zero-order valence-corrected chi connectivity index (χ0v) is 16.7. The highest BCUT2D eigenvalue weighted by Gasteiger charge is 2.29. The smallest absolute Gasteiger partial charge is 0.206 e. The Morgan fingerprint density at radius 2 is 1.93 bits per heavy atom. The number of hydrogen-bond donors (Lipinski definition) is 2. The molecule has 0 spiro atoms. The first-order chi connectivity index (χ1) is 13.6. The lowest BCUT2D eigenvalue weighted by molar-refractivity contribution is -0.00549. The van der Waals surface area contributed by atoms with Crippen molar-refractivity contribution in [2.75, 3.05) is 29.9 Å². The number of hydrogen-bond acceptors (Lipinski definition) is 6. The molecule has 1 saturated heterocycles. The van der Waals surface area contributed by atoms with Gasteiger partial charge in [-0.25, -0.2) is 4.39 Å². The summed E-state index contributed by atoms with van der Waals surface area (Å²) < 4.78 is 26.5. The summed E-state index contributed by atoms with van der Waals surface area (Å²) in [5.74, 6) is 0.726. The first-order valence-electron chi connectivity index (χ1n) is 10.4. The summed E-state index contributed by atoms with van der Waals surface area (Å²) in [5, 5.41) is 17.9. The Morgan fingerprint density at radius 1 is 1.21 bits per heavy atom. The van der Waals surface area contributed by atoms with E-state index in [9.17, 15) is 5.11 Å². The minimum absolute atomic E-state index is 0.00663. The summed E-state index contributed by atoms with van der Waals surface area (Å²) in [4.78, 5) is 1.94. The summed E-state index contributed by atoms with van der Waals surface area (Å²) in [5.41, 5.74) is 1.09. The van der Waals surface area contributed by atoms with E-state index in [0.29, 0.717) is 41.5 Å². The number of morpholine rings is 1. The van der Waals surface area contributed by atoms with Crippen molar-refractivity contribution >= 4 is 22.5 Å². The number of fused-ring (bicyclic) bond motifs is 1. The molecule has 2 fully saturated rings. The maximum Gasteiger partial charge on any atom is 0.206 e. The number of aromatic nitrogens is 1. The van der Waals surface area contributed by atoms with Crippen LogP contribution in [0, 0.1) is 11.7 Å². The highest BCUT2D eigenvalue weighted by molar-refractivity contribution is 5.92. The molecule has 1 aliphatic carbocycles. The number of anilines is 2. The molecular weight excluding hydrogens is 361 g/mol. The molecule has 1 saturated carbocycles. The fourth-order valence-electron chi connectivity index (χ4n) is 4.66. The van der Waals surface area contributed by atoms with Gasteiger partial charge in [0.1, 0.15) is 0 Å². The summed E-state index contributed by atoms with van der Waals surface area (Å²) in [7, 11) is 0. The van der Waals surface area contributed by atoms with E-state index in [1.807, 2.05) is 18.7 Å². The van der Waals surface area contributed by atoms with Crippen molar-refractivity contribution in [1.82, 2.24) is 5.16 Å². The zero-order chi connectivity index (χ0) is 19.7. The molecule has 4 rings (SSSR count). The lowest BCUT2D eigenvalue weighted by atomic mass is 9.89. The molecule has 2 aliphatic rings. The van der Waals surface area contributed by atoms with Crippen LogP contribution in [-0.4, -0.2) is 42.1 Å². The van der Waals surface area contributed by atoms with Crippen molar-refractivity contribution in [3.8, 4) is 0 Å². The van der Waals surface area contributed by atoms with Gasteiger partial charge in [0.05, 0.1) is 29.9 Å². The van der Waals surface area contributed by atoms with Crippen LogP contribution in [-0.2, 0) is 11.3 Å². The summed E-state index contributed by atoms with van der Waals surface area (Å²) in [6.07, 6.45) is 6.29. The van der Waals surface area contributed by atoms with Crippen LogP contribution in [0.25, 0.3) is 11.0 Å². The topological polar surface area (TPSA) is 70.8 Å². The molecule has 2 heterocycles. The van der Waals surface area contributed by atoms with Crippen LogP contribution in [0.4, 0.5) is 15.9 Å². The number of rotatable bonds is 5. The minimum Gasteiger partial charge on any atom is -0.392 e. The molecular formula is C21H30FN3O3. The van der Waals surface area contributed by atoms with Crippen LogP contribution in [0.3, 0.4) is 0 Å². The van der Waals surface area contributed by atoms with Crippen molar-refractivity contribution in [3.63, 3.8) is 0 Å². The maximum atomic E-state index is 15.4. The highest BCUT2D eigenvalue weighted by Crippen LogP contribution is 2.36. The molecule has 1 aromatic heterocycles. The van der Waals surface area contributed by atoms with Crippen LogP contribution in [0.1, 0.15) is 51.5 Å². The third kappa shape index (κ3) is 3.82. The largest absolute Gasteiger partial charge is 0.392 e. The zero-order valence-electron chi connectivity index (χ0n) is 16.7. The van der Waals surface area contributed by atoms with Gasteiger partial charge in [0.15, 0.2) is 11.6 Å². The van der Waals surface area contributed by atoms with Crippen LogP contribution < -0.4 is 10.2 Å². The third-order valence-corrected chi connectivity index (χ3v) is 5.95. The van der Waals surface area contributed by atoms with Gasteiger partial charge in [-0.3, -0.25) is 0 Å². The lowest BCUT2D eigenvalue weighted by Crippen LogP contribution is -2.46. The van der Waals surface area contributed by atoms with Crippen LogP contribution >= 0.6 is 0 Å². The summed E-state index contributed by atoms with van der Waals surface area (Å²) >= 11 is 0. The summed E-state index contributed by atoms with van der Waals surface area (Å²) in [6.45, 7) is 5.66. The van der Waals surface area contributed by atoms with Crippen molar-refractivity contribution in [2.24, 2.45) is 5.92 Å². The molecule has 0 bridgehead atoms. The summed E-state index contributed by atoms with van der Waals surface area (Å²) in [6, 6.07) is 1.80. The first-order valence-corrected chi connectivity index (χ1v) is 10.4. The average molecular weight is 391 g/mol. The van der Waals surface area contributed by atoms with E-state index in [4.69, 9.17) is 9.26 Å². The monoisotopic (exact) mass is 391 g/mol. The number of nitrogens with zero attached hydrogens (tertiary/aromatic N) is 2. The van der Waals surface area contributed by atoms with Gasteiger partial charge in [0, 0.05) is 25.2 Å². The van der Waals surface area contributed by atoms with E-state index in [0.717, 1.165) is 6.54 Å². The molecule has 6 nitrogen and oxygen atoms in total. The van der Waals surface area contributed by atoms with Crippen molar-refractivity contribution in [3.05, 3.63) is 17.4 Å². The quantitative estimate of drug-likeness (QED) is 0.801. The van der Waals surface area contributed by atoms with E-state index in [2.05, 4.69) is 10.5 Å². The van der Waals surface area contributed by atoms with Gasteiger partial charge in [-0.1, -0.05) is 24.4 Å². The standard InChI is InChI=1S/C21H30FN3O3/c1-13-10-25(11-14(2)27-13)19-16(12-26)8-17-20(18(19)22)28-24-21(17)23-9-15-6-4-3-5-7-15/h8,13-15,26H,3-7,9-12H2,1-2H3,(H,23,24)/t13-,14+. The molecule has 0 amide bonds. The molecule has 1 aliphatic heterocycles.